The molecule has 1 aromatic carbocycles. The molecule has 0 bridgehead atoms. The van der Waals surface area contributed by atoms with E-state index in [2.05, 4.69) is 5.32 Å². The van der Waals surface area contributed by atoms with Gasteiger partial charge in [-0.15, -0.1) is 0 Å². The number of hydrogen-bond acceptors (Lipinski definition) is 2. The van der Waals surface area contributed by atoms with Crippen LogP contribution < -0.4 is 11.1 Å². The normalized spacial score (nSPS) is 22.1. The maximum absolute atomic E-state index is 12.7. The number of halogens is 1. The van der Waals surface area contributed by atoms with Gasteiger partial charge in [-0.2, -0.15) is 0 Å². The van der Waals surface area contributed by atoms with Crippen LogP contribution in [0.3, 0.4) is 0 Å². The van der Waals surface area contributed by atoms with Crippen molar-refractivity contribution in [3.8, 4) is 0 Å². The second-order valence-electron chi connectivity index (χ2n) is 4.56. The van der Waals surface area contributed by atoms with E-state index < -0.39 is 0 Å². The zero-order valence-corrected chi connectivity index (χ0v) is 10.1. The molecule has 3 nitrogen and oxygen atoms in total. The zero-order valence-electron chi connectivity index (χ0n) is 10.1. The fourth-order valence-corrected chi connectivity index (χ4v) is 2.03. The number of carbonyl (C=O) groups excluding carboxylic acids is 1. The van der Waals surface area contributed by atoms with Crippen LogP contribution in [0.4, 0.5) is 4.39 Å². The summed E-state index contributed by atoms with van der Waals surface area (Å²) < 4.78 is 12.7. The summed E-state index contributed by atoms with van der Waals surface area (Å²) in [4.78, 5) is 11.8. The molecule has 0 fully saturated rings. The maximum Gasteiger partial charge on any atom is 0.227 e. The van der Waals surface area contributed by atoms with Crippen molar-refractivity contribution >= 4 is 5.91 Å². The SMILES string of the molecule is NC1C=CC(C(=O)NCCc2ccc(F)cc2)C1. The van der Waals surface area contributed by atoms with E-state index >= 15 is 0 Å². The van der Waals surface area contributed by atoms with E-state index in [1.807, 2.05) is 12.2 Å². The molecule has 1 aliphatic carbocycles. The number of hydrogen-bond donors (Lipinski definition) is 2. The van der Waals surface area contributed by atoms with Gasteiger partial charge in [0.25, 0.3) is 0 Å². The lowest BCUT2D eigenvalue weighted by Gasteiger charge is -2.10. The second-order valence-corrected chi connectivity index (χ2v) is 4.56. The Kier molecular flexibility index (Phi) is 4.10. The highest BCUT2D eigenvalue weighted by atomic mass is 19.1. The van der Waals surface area contributed by atoms with E-state index in [0.29, 0.717) is 19.4 Å². The van der Waals surface area contributed by atoms with E-state index in [4.69, 9.17) is 5.73 Å². The van der Waals surface area contributed by atoms with E-state index in [0.717, 1.165) is 5.56 Å². The average Bonchev–Trinajstić information content (AvgIpc) is 2.78. The Bertz CT molecular complexity index is 442. The van der Waals surface area contributed by atoms with Gasteiger partial charge in [0.15, 0.2) is 0 Å². The Morgan fingerprint density at radius 3 is 2.67 bits per heavy atom. The van der Waals surface area contributed by atoms with Crippen molar-refractivity contribution in [3.05, 3.63) is 47.8 Å². The number of nitrogens with two attached hydrogens (primary N) is 1. The third kappa shape index (κ3) is 3.40. The molecule has 0 aliphatic heterocycles. The Hall–Kier alpha value is -1.68. The number of nitrogens with one attached hydrogen (secondary N) is 1. The van der Waals surface area contributed by atoms with Crippen LogP contribution in [0.2, 0.25) is 0 Å². The molecule has 0 heterocycles. The van der Waals surface area contributed by atoms with Gasteiger partial charge in [0, 0.05) is 12.6 Å². The predicted molar refractivity (Wildman–Crippen MR) is 68.3 cm³/mol. The van der Waals surface area contributed by atoms with Crippen molar-refractivity contribution in [1.29, 1.82) is 0 Å². The van der Waals surface area contributed by atoms with Crippen LogP contribution in [0.15, 0.2) is 36.4 Å². The molecule has 2 rings (SSSR count). The van der Waals surface area contributed by atoms with Gasteiger partial charge >= 0.3 is 0 Å². The highest BCUT2D eigenvalue weighted by molar-refractivity contribution is 5.81. The van der Waals surface area contributed by atoms with Crippen molar-refractivity contribution in [3.63, 3.8) is 0 Å². The van der Waals surface area contributed by atoms with Gasteiger partial charge in [0.05, 0.1) is 5.92 Å². The minimum absolute atomic E-state index is 0.00199. The summed E-state index contributed by atoms with van der Waals surface area (Å²) in [6.45, 7) is 0.560. The summed E-state index contributed by atoms with van der Waals surface area (Å²) in [5, 5.41) is 2.87. The van der Waals surface area contributed by atoms with Crippen LogP contribution in [0.1, 0.15) is 12.0 Å². The first kappa shape index (κ1) is 12.8. The monoisotopic (exact) mass is 248 g/mol. The second kappa shape index (κ2) is 5.78. The number of carbonyl (C=O) groups is 1. The van der Waals surface area contributed by atoms with Gasteiger partial charge in [0.2, 0.25) is 5.91 Å². The molecule has 0 saturated carbocycles. The summed E-state index contributed by atoms with van der Waals surface area (Å²) in [6, 6.07) is 6.31. The first-order valence-corrected chi connectivity index (χ1v) is 6.11. The minimum Gasteiger partial charge on any atom is -0.355 e. The van der Waals surface area contributed by atoms with Gasteiger partial charge in [0.1, 0.15) is 5.82 Å². The largest absolute Gasteiger partial charge is 0.355 e. The smallest absolute Gasteiger partial charge is 0.227 e. The number of rotatable bonds is 4. The van der Waals surface area contributed by atoms with Crippen LogP contribution in [0, 0.1) is 11.7 Å². The van der Waals surface area contributed by atoms with Crippen molar-refractivity contribution < 1.29 is 9.18 Å². The summed E-state index contributed by atoms with van der Waals surface area (Å²) in [5.74, 6) is -0.331. The molecule has 2 atom stereocenters. The Morgan fingerprint density at radius 1 is 1.33 bits per heavy atom. The molecular weight excluding hydrogens is 231 g/mol. The lowest BCUT2D eigenvalue weighted by molar-refractivity contribution is -0.123. The molecule has 0 spiro atoms. The summed E-state index contributed by atoms with van der Waals surface area (Å²) >= 11 is 0. The molecule has 1 aliphatic rings. The lowest BCUT2D eigenvalue weighted by Crippen LogP contribution is -2.32. The minimum atomic E-state index is -0.243. The van der Waals surface area contributed by atoms with Crippen molar-refractivity contribution in [2.24, 2.45) is 11.7 Å². The topological polar surface area (TPSA) is 55.1 Å². The first-order chi connectivity index (χ1) is 8.65. The Labute approximate surface area is 106 Å². The van der Waals surface area contributed by atoms with E-state index in [-0.39, 0.29) is 23.7 Å². The quantitative estimate of drug-likeness (QED) is 0.791. The van der Waals surface area contributed by atoms with Gasteiger partial charge in [-0.05, 0) is 30.5 Å². The Balaban J connectivity index is 1.74. The highest BCUT2D eigenvalue weighted by Gasteiger charge is 2.21. The molecule has 0 aromatic heterocycles. The molecule has 4 heteroatoms. The van der Waals surface area contributed by atoms with E-state index in [1.54, 1.807) is 12.1 Å². The standard InChI is InChI=1S/C14H17FN2O/c15-12-4-1-10(2-5-12)7-8-17-14(18)11-3-6-13(16)9-11/h1-6,11,13H,7-9,16H2,(H,17,18). The lowest BCUT2D eigenvalue weighted by atomic mass is 10.1. The zero-order chi connectivity index (χ0) is 13.0. The van der Waals surface area contributed by atoms with Crippen LogP contribution in [0.5, 0.6) is 0 Å². The molecule has 0 saturated heterocycles. The van der Waals surface area contributed by atoms with Crippen LogP contribution in [-0.4, -0.2) is 18.5 Å². The van der Waals surface area contributed by atoms with Gasteiger partial charge < -0.3 is 11.1 Å². The van der Waals surface area contributed by atoms with Gasteiger partial charge in [-0.25, -0.2) is 4.39 Å². The Morgan fingerprint density at radius 2 is 2.06 bits per heavy atom. The van der Waals surface area contributed by atoms with Crippen molar-refractivity contribution in [1.82, 2.24) is 5.32 Å². The predicted octanol–water partition coefficient (Wildman–Crippen LogP) is 1.39. The third-order valence-electron chi connectivity index (χ3n) is 3.08. The van der Waals surface area contributed by atoms with Crippen LogP contribution in [-0.2, 0) is 11.2 Å². The van der Waals surface area contributed by atoms with Crippen LogP contribution in [0.25, 0.3) is 0 Å². The fraction of sp³-hybridized carbons (Fsp3) is 0.357. The summed E-state index contributed by atoms with van der Waals surface area (Å²) in [6.07, 6.45) is 5.11. The summed E-state index contributed by atoms with van der Waals surface area (Å²) in [5.41, 5.74) is 6.70. The maximum atomic E-state index is 12.7. The van der Waals surface area contributed by atoms with Crippen molar-refractivity contribution in [2.75, 3.05) is 6.54 Å². The van der Waals surface area contributed by atoms with Gasteiger partial charge in [-0.1, -0.05) is 24.3 Å². The highest BCUT2D eigenvalue weighted by Crippen LogP contribution is 2.16. The first-order valence-electron chi connectivity index (χ1n) is 6.11. The number of amides is 1. The fourth-order valence-electron chi connectivity index (χ4n) is 2.03. The average molecular weight is 248 g/mol. The van der Waals surface area contributed by atoms with Crippen LogP contribution >= 0.6 is 0 Å². The molecule has 3 N–H and O–H groups in total. The molecule has 96 valence electrons. The molecule has 1 aromatic rings. The summed E-state index contributed by atoms with van der Waals surface area (Å²) in [7, 11) is 0. The van der Waals surface area contributed by atoms with E-state index in [1.165, 1.54) is 12.1 Å². The molecule has 0 radical (unpaired) electrons. The van der Waals surface area contributed by atoms with Crippen molar-refractivity contribution in [2.45, 2.75) is 18.9 Å². The molecule has 1 amide bonds. The van der Waals surface area contributed by atoms with Gasteiger partial charge in [-0.3, -0.25) is 4.79 Å². The third-order valence-corrected chi connectivity index (χ3v) is 3.08. The number of benzene rings is 1. The molecule has 18 heavy (non-hydrogen) atoms. The molecule has 2 unspecified atom stereocenters. The molecular formula is C14H17FN2O. The van der Waals surface area contributed by atoms with E-state index in [9.17, 15) is 9.18 Å².